The van der Waals surface area contributed by atoms with Crippen molar-refractivity contribution in [2.45, 2.75) is 26.2 Å². The molecular weight excluding hydrogens is 338 g/mol. The van der Waals surface area contributed by atoms with Gasteiger partial charge in [-0.15, -0.1) is 11.3 Å². The molecule has 130 valence electrons. The van der Waals surface area contributed by atoms with E-state index in [2.05, 4.69) is 90.0 Å². The van der Waals surface area contributed by atoms with Gasteiger partial charge in [-0.3, -0.25) is 0 Å². The van der Waals surface area contributed by atoms with Gasteiger partial charge in [0, 0.05) is 16.6 Å². The highest BCUT2D eigenvalue weighted by atomic mass is 32.1. The largest absolute Gasteiger partial charge is 0.340 e. The number of hydrogen-bond donors (Lipinski definition) is 1. The van der Waals surface area contributed by atoms with Gasteiger partial charge in [0.25, 0.3) is 0 Å². The topological polar surface area (TPSA) is 37.8 Å². The van der Waals surface area contributed by atoms with Gasteiger partial charge in [0.2, 0.25) is 0 Å². The lowest BCUT2D eigenvalue weighted by molar-refractivity contribution is 0.590. The second kappa shape index (κ2) is 6.54. The van der Waals surface area contributed by atoms with Gasteiger partial charge in [0.15, 0.2) is 0 Å². The Morgan fingerprint density at radius 2 is 1.62 bits per heavy atom. The minimum Gasteiger partial charge on any atom is -0.340 e. The Kier molecular flexibility index (Phi) is 4.21. The van der Waals surface area contributed by atoms with E-state index >= 15 is 0 Å². The lowest BCUT2D eigenvalue weighted by Crippen LogP contribution is -2.10. The molecule has 1 N–H and O–H groups in total. The summed E-state index contributed by atoms with van der Waals surface area (Å²) >= 11 is 1.65. The molecule has 4 heteroatoms. The molecule has 26 heavy (non-hydrogen) atoms. The van der Waals surface area contributed by atoms with Crippen LogP contribution in [0.5, 0.6) is 0 Å². The van der Waals surface area contributed by atoms with E-state index < -0.39 is 0 Å². The molecule has 0 unspecified atom stereocenters. The first-order chi connectivity index (χ1) is 12.5. The van der Waals surface area contributed by atoms with E-state index in [1.807, 2.05) is 6.07 Å². The molecule has 0 aliphatic rings. The van der Waals surface area contributed by atoms with E-state index in [1.165, 1.54) is 16.7 Å². The van der Waals surface area contributed by atoms with Crippen LogP contribution in [0.15, 0.2) is 66.3 Å². The molecule has 4 aromatic rings. The zero-order chi connectivity index (χ0) is 18.1. The maximum Gasteiger partial charge on any atom is 0.143 e. The zero-order valence-corrected chi connectivity index (χ0v) is 16.0. The number of thiophene rings is 1. The molecule has 0 fully saturated rings. The third kappa shape index (κ3) is 3.20. The third-order valence-corrected chi connectivity index (χ3v) is 5.36. The van der Waals surface area contributed by atoms with Gasteiger partial charge in [0.1, 0.15) is 17.0 Å². The van der Waals surface area contributed by atoms with E-state index in [-0.39, 0.29) is 5.41 Å². The molecule has 0 bridgehead atoms. The van der Waals surface area contributed by atoms with Crippen molar-refractivity contribution in [3.8, 4) is 11.1 Å². The molecule has 0 aliphatic heterocycles. The maximum absolute atomic E-state index is 4.52. The minimum atomic E-state index is 0.147. The normalized spacial score (nSPS) is 11.7. The second-order valence-electron chi connectivity index (χ2n) is 7.37. The molecule has 0 atom stereocenters. The van der Waals surface area contributed by atoms with E-state index in [1.54, 1.807) is 17.7 Å². The van der Waals surface area contributed by atoms with Crippen molar-refractivity contribution in [3.63, 3.8) is 0 Å². The Balaban J connectivity index is 1.74. The van der Waals surface area contributed by atoms with Crippen LogP contribution in [-0.4, -0.2) is 9.97 Å². The fourth-order valence-electron chi connectivity index (χ4n) is 2.99. The van der Waals surface area contributed by atoms with E-state index in [0.717, 1.165) is 21.7 Å². The maximum atomic E-state index is 4.52. The van der Waals surface area contributed by atoms with Crippen LogP contribution in [0, 0.1) is 0 Å². The van der Waals surface area contributed by atoms with Gasteiger partial charge in [-0.05, 0) is 28.7 Å². The molecule has 0 radical (unpaired) electrons. The average molecular weight is 359 g/mol. The number of hydrogen-bond acceptors (Lipinski definition) is 4. The van der Waals surface area contributed by atoms with Gasteiger partial charge < -0.3 is 5.32 Å². The van der Waals surface area contributed by atoms with E-state index in [0.29, 0.717) is 0 Å². The number of aromatic nitrogens is 2. The highest BCUT2D eigenvalue weighted by Gasteiger charge is 2.15. The molecule has 2 aromatic heterocycles. The average Bonchev–Trinajstić information content (AvgIpc) is 3.07. The van der Waals surface area contributed by atoms with Crippen LogP contribution in [0.1, 0.15) is 26.3 Å². The third-order valence-electron chi connectivity index (χ3n) is 4.47. The van der Waals surface area contributed by atoms with Crippen molar-refractivity contribution >= 4 is 33.1 Å². The Hall–Kier alpha value is -2.72. The fourth-order valence-corrected chi connectivity index (χ4v) is 3.91. The van der Waals surface area contributed by atoms with Crippen molar-refractivity contribution in [3.05, 3.63) is 71.9 Å². The molecule has 0 saturated carbocycles. The van der Waals surface area contributed by atoms with Crippen LogP contribution >= 0.6 is 11.3 Å². The Labute approximate surface area is 157 Å². The van der Waals surface area contributed by atoms with Crippen LogP contribution in [0.4, 0.5) is 11.5 Å². The Bertz CT molecular complexity index is 1030. The monoisotopic (exact) mass is 359 g/mol. The summed E-state index contributed by atoms with van der Waals surface area (Å²) < 4.78 is 0. The van der Waals surface area contributed by atoms with E-state index in [4.69, 9.17) is 0 Å². The Morgan fingerprint density at radius 1 is 0.885 bits per heavy atom. The van der Waals surface area contributed by atoms with Crippen molar-refractivity contribution in [1.29, 1.82) is 0 Å². The summed E-state index contributed by atoms with van der Waals surface area (Å²) in [6, 6.07) is 19.0. The first-order valence-electron chi connectivity index (χ1n) is 8.67. The summed E-state index contributed by atoms with van der Waals surface area (Å²) in [6.45, 7) is 6.67. The van der Waals surface area contributed by atoms with Gasteiger partial charge in [0.05, 0.1) is 5.39 Å². The number of rotatable bonds is 3. The smallest absolute Gasteiger partial charge is 0.143 e. The van der Waals surface area contributed by atoms with Crippen molar-refractivity contribution in [2.24, 2.45) is 0 Å². The molecule has 0 amide bonds. The van der Waals surface area contributed by atoms with Crippen LogP contribution in [-0.2, 0) is 5.41 Å². The predicted octanol–water partition coefficient (Wildman–Crippen LogP) is 6.40. The van der Waals surface area contributed by atoms with Crippen molar-refractivity contribution in [2.75, 3.05) is 5.32 Å². The van der Waals surface area contributed by atoms with Crippen LogP contribution in [0.25, 0.3) is 21.3 Å². The molecule has 0 saturated heterocycles. The summed E-state index contributed by atoms with van der Waals surface area (Å²) in [6.07, 6.45) is 1.62. The molecule has 0 aliphatic carbocycles. The highest BCUT2D eigenvalue weighted by Crippen LogP contribution is 2.37. The van der Waals surface area contributed by atoms with Crippen molar-refractivity contribution in [1.82, 2.24) is 9.97 Å². The zero-order valence-electron chi connectivity index (χ0n) is 15.2. The van der Waals surface area contributed by atoms with Gasteiger partial charge in [-0.2, -0.15) is 0 Å². The quantitative estimate of drug-likeness (QED) is 0.460. The lowest BCUT2D eigenvalue weighted by atomic mass is 9.87. The van der Waals surface area contributed by atoms with E-state index in [9.17, 15) is 0 Å². The fraction of sp³-hybridized carbons (Fsp3) is 0.182. The molecule has 2 heterocycles. The number of nitrogens with one attached hydrogen (secondary N) is 1. The van der Waals surface area contributed by atoms with Crippen LogP contribution in [0.2, 0.25) is 0 Å². The molecule has 4 rings (SSSR count). The highest BCUT2D eigenvalue weighted by molar-refractivity contribution is 7.17. The first kappa shape index (κ1) is 16.7. The number of anilines is 2. The lowest BCUT2D eigenvalue weighted by Gasteiger charge is -2.19. The minimum absolute atomic E-state index is 0.147. The predicted molar refractivity (Wildman–Crippen MR) is 111 cm³/mol. The molecule has 2 aromatic carbocycles. The summed E-state index contributed by atoms with van der Waals surface area (Å²) in [5.41, 5.74) is 4.84. The second-order valence-corrected chi connectivity index (χ2v) is 8.23. The first-order valence-corrected chi connectivity index (χ1v) is 9.55. The molecule has 3 nitrogen and oxygen atoms in total. The standard InChI is InChI=1S/C22H21N3S/c1-22(2,3)16-9-11-17(12-10-16)25-20-19-18(15-7-5-4-6-8-15)13-26-21(19)24-14-23-20/h4-14H,1-3H3,(H,23,24,25). The van der Waals surface area contributed by atoms with Crippen molar-refractivity contribution < 1.29 is 0 Å². The molecule has 0 spiro atoms. The summed E-state index contributed by atoms with van der Waals surface area (Å²) in [4.78, 5) is 9.95. The van der Waals surface area contributed by atoms with Gasteiger partial charge >= 0.3 is 0 Å². The molecular formula is C22H21N3S. The van der Waals surface area contributed by atoms with Crippen LogP contribution in [0.3, 0.4) is 0 Å². The SMILES string of the molecule is CC(C)(C)c1ccc(Nc2ncnc3scc(-c4ccccc4)c23)cc1. The summed E-state index contributed by atoms with van der Waals surface area (Å²) in [5.74, 6) is 0.846. The van der Waals surface area contributed by atoms with Gasteiger partial charge in [-0.25, -0.2) is 9.97 Å². The van der Waals surface area contributed by atoms with Gasteiger partial charge in [-0.1, -0.05) is 63.2 Å². The summed E-state index contributed by atoms with van der Waals surface area (Å²) in [5, 5.41) is 6.71. The van der Waals surface area contributed by atoms with Crippen LogP contribution < -0.4 is 5.32 Å². The number of benzene rings is 2. The number of nitrogens with zero attached hydrogens (tertiary/aromatic N) is 2. The Morgan fingerprint density at radius 3 is 2.31 bits per heavy atom. The summed E-state index contributed by atoms with van der Waals surface area (Å²) in [7, 11) is 0. The number of fused-ring (bicyclic) bond motifs is 1.